The predicted molar refractivity (Wildman–Crippen MR) is 80.0 cm³/mol. The van der Waals surface area contributed by atoms with Crippen LogP contribution in [-0.4, -0.2) is 47.4 Å². The van der Waals surface area contributed by atoms with Gasteiger partial charge in [0.1, 0.15) is 0 Å². The summed E-state index contributed by atoms with van der Waals surface area (Å²) in [5.74, 6) is 0. The van der Waals surface area contributed by atoms with Crippen LogP contribution in [0.3, 0.4) is 0 Å². The van der Waals surface area contributed by atoms with Crippen LogP contribution in [0.5, 0.6) is 0 Å². The second-order valence-corrected chi connectivity index (χ2v) is 14.8. The molecule has 0 saturated heterocycles. The molecule has 0 N–H and O–H groups in total. The fourth-order valence-electron chi connectivity index (χ4n) is 1.34. The fraction of sp³-hybridized carbons (Fsp3) is 1.00. The Morgan fingerprint density at radius 1 is 0.882 bits per heavy atom. The summed E-state index contributed by atoms with van der Waals surface area (Å²) in [5.41, 5.74) is 0. The van der Waals surface area contributed by atoms with Gasteiger partial charge in [0.2, 0.25) is 0 Å². The number of hydrogen-bond acceptors (Lipinski definition) is 1. The molecular weight excluding hydrogens is 484 g/mol. The molecule has 0 aliphatic rings. The Kier molecular flexibility index (Phi) is 22.0. The first kappa shape index (κ1) is 23.7. The Morgan fingerprint density at radius 3 is 1.00 bits per heavy atom. The third-order valence-corrected chi connectivity index (χ3v) is 2.68. The van der Waals surface area contributed by atoms with Crippen molar-refractivity contribution in [1.82, 2.24) is 0 Å². The molecule has 0 unspecified atom stereocenters. The Labute approximate surface area is 127 Å². The third kappa shape index (κ3) is 23.2. The normalized spacial score (nSPS) is 11.1. The van der Waals surface area contributed by atoms with Crippen LogP contribution < -0.4 is 0 Å². The molecule has 0 aromatic heterocycles. The van der Waals surface area contributed by atoms with E-state index in [2.05, 4.69) is 27.7 Å². The van der Waals surface area contributed by atoms with Crippen LogP contribution in [0.25, 0.3) is 0 Å². The fourth-order valence-corrected chi connectivity index (χ4v) is 1.34. The van der Waals surface area contributed by atoms with Crippen molar-refractivity contribution in [2.45, 2.75) is 27.7 Å². The van der Waals surface area contributed by atoms with E-state index in [1.54, 1.807) is 12.5 Å². The first-order chi connectivity index (χ1) is 7.71. The summed E-state index contributed by atoms with van der Waals surface area (Å²) >= 11 is -1.85. The maximum atomic E-state index is 9.56. The molecule has 0 atom stereocenters. The van der Waals surface area contributed by atoms with Crippen LogP contribution >= 0.6 is 28.3 Å². The van der Waals surface area contributed by atoms with Gasteiger partial charge in [-0.2, -0.15) is 0 Å². The molecule has 0 heterocycles. The molecule has 0 fully saturated rings. The Balaban J connectivity index is -0.000000205. The van der Waals surface area contributed by atoms with Crippen molar-refractivity contribution in [3.63, 3.8) is 0 Å². The standard InChI is InChI=1S/C8H20N.C2H6OS.3ClH.Pt/c1-5-9(6-2,7-3)8-4;1-4(2)3;;;;/h5-8H2,1-4H3;1-2H3;3*1H;/q+1;;;;;+2/p-3. The van der Waals surface area contributed by atoms with Crippen molar-refractivity contribution in [3.05, 3.63) is 0 Å². The number of rotatable bonds is 4. The maximum absolute atomic E-state index is 9.56. The van der Waals surface area contributed by atoms with Gasteiger partial charge in [0.25, 0.3) is 0 Å². The second kappa shape index (κ2) is 15.7. The summed E-state index contributed by atoms with van der Waals surface area (Å²) in [5, 5.41) is 0. The minimum atomic E-state index is -1.85. The van der Waals surface area contributed by atoms with E-state index < -0.39 is 25.0 Å². The van der Waals surface area contributed by atoms with Crippen LogP contribution in [0, 0.1) is 0 Å². The van der Waals surface area contributed by atoms with Crippen molar-refractivity contribution in [2.75, 3.05) is 38.7 Å². The van der Waals surface area contributed by atoms with Crippen LogP contribution in [-0.2, 0) is 25.0 Å². The van der Waals surface area contributed by atoms with Gasteiger partial charge < -0.3 is 4.48 Å². The summed E-state index contributed by atoms with van der Waals surface area (Å²) in [7, 11) is 14.3. The molecular formula is C10H26Cl3NOPtS. The van der Waals surface area contributed by atoms with Gasteiger partial charge >= 0.3 is 42.4 Å². The summed E-state index contributed by atoms with van der Waals surface area (Å²) in [6.07, 6.45) is 3.28. The molecule has 17 heavy (non-hydrogen) atoms. The zero-order chi connectivity index (χ0) is 14.5. The molecule has 0 spiro atoms. The molecule has 0 aliphatic carbocycles. The minimum absolute atomic E-state index is 0.611. The summed E-state index contributed by atoms with van der Waals surface area (Å²) in [6.45, 7) is 14.2. The van der Waals surface area contributed by atoms with Crippen molar-refractivity contribution < 1.29 is 22.9 Å². The number of nitrogens with zero attached hydrogens (tertiary/aromatic N) is 1. The van der Waals surface area contributed by atoms with E-state index in [4.69, 9.17) is 28.3 Å². The second-order valence-electron chi connectivity index (χ2n) is 3.48. The average molecular weight is 510 g/mol. The van der Waals surface area contributed by atoms with Crippen LogP contribution in [0.2, 0.25) is 0 Å². The Morgan fingerprint density at radius 2 is 1.00 bits per heavy atom. The molecule has 0 saturated carbocycles. The van der Waals surface area contributed by atoms with E-state index >= 15 is 0 Å². The SMILES string of the molecule is CC[N+](CC)(CC)CC.CS(C)=O.[Cl][Pt-]([Cl])[Cl]. The van der Waals surface area contributed by atoms with Gasteiger partial charge in [-0.05, 0) is 27.7 Å². The quantitative estimate of drug-likeness (QED) is 0.525. The molecule has 114 valence electrons. The first-order valence-electron chi connectivity index (χ1n) is 5.44. The molecule has 0 radical (unpaired) electrons. The Bertz CT molecular complexity index is 157. The van der Waals surface area contributed by atoms with Gasteiger partial charge in [0.15, 0.2) is 0 Å². The van der Waals surface area contributed by atoms with Gasteiger partial charge in [0.05, 0.1) is 26.2 Å². The van der Waals surface area contributed by atoms with Crippen molar-refractivity contribution in [3.8, 4) is 0 Å². The van der Waals surface area contributed by atoms with E-state index in [1.807, 2.05) is 0 Å². The molecule has 0 amide bonds. The van der Waals surface area contributed by atoms with Gasteiger partial charge in [-0.1, -0.05) is 0 Å². The van der Waals surface area contributed by atoms with Gasteiger partial charge in [-0.25, -0.2) is 0 Å². The van der Waals surface area contributed by atoms with E-state index in [0.29, 0.717) is 0 Å². The summed E-state index contributed by atoms with van der Waals surface area (Å²) < 4.78 is 10.8. The van der Waals surface area contributed by atoms with Gasteiger partial charge in [0, 0.05) is 23.3 Å². The van der Waals surface area contributed by atoms with Crippen LogP contribution in [0.1, 0.15) is 27.7 Å². The Hall–Kier alpha value is 1.67. The summed E-state index contributed by atoms with van der Waals surface area (Å²) in [6, 6.07) is 0. The van der Waals surface area contributed by atoms with Crippen molar-refractivity contribution in [1.29, 1.82) is 0 Å². The predicted octanol–water partition coefficient (Wildman–Crippen LogP) is 3.94. The average Bonchev–Trinajstić information content (AvgIpc) is 2.20. The topological polar surface area (TPSA) is 17.1 Å². The van der Waals surface area contributed by atoms with E-state index in [9.17, 15) is 4.21 Å². The van der Waals surface area contributed by atoms with E-state index in [1.165, 1.54) is 30.7 Å². The number of quaternary nitrogens is 1. The number of hydrogen-bond donors (Lipinski definition) is 0. The molecule has 0 aromatic rings. The monoisotopic (exact) mass is 508 g/mol. The molecule has 0 rings (SSSR count). The van der Waals surface area contributed by atoms with Gasteiger partial charge in [-0.15, -0.1) is 0 Å². The molecule has 0 aromatic carbocycles. The van der Waals surface area contributed by atoms with Crippen molar-refractivity contribution in [2.24, 2.45) is 0 Å². The summed E-state index contributed by atoms with van der Waals surface area (Å²) in [4.78, 5) is 0. The zero-order valence-corrected chi connectivity index (χ0v) is 16.9. The number of halogens is 3. The molecule has 2 nitrogen and oxygen atoms in total. The first-order valence-corrected chi connectivity index (χ1v) is 15.8. The molecule has 0 bridgehead atoms. The third-order valence-electron chi connectivity index (χ3n) is 2.68. The molecule has 0 aliphatic heterocycles. The van der Waals surface area contributed by atoms with E-state index in [0.717, 1.165) is 0 Å². The van der Waals surface area contributed by atoms with E-state index in [-0.39, 0.29) is 0 Å². The van der Waals surface area contributed by atoms with Crippen LogP contribution in [0.4, 0.5) is 0 Å². The van der Waals surface area contributed by atoms with Crippen LogP contribution in [0.15, 0.2) is 0 Å². The van der Waals surface area contributed by atoms with Crippen molar-refractivity contribution >= 4 is 39.1 Å². The van der Waals surface area contributed by atoms with Gasteiger partial charge in [-0.3, -0.25) is 4.21 Å². The molecule has 7 heteroatoms. The zero-order valence-electron chi connectivity index (χ0n) is 11.5.